The highest BCUT2D eigenvalue weighted by atomic mass is 32.2. The molecule has 2 atom stereocenters. The van der Waals surface area contributed by atoms with Crippen molar-refractivity contribution in [2.75, 3.05) is 52.1 Å². The van der Waals surface area contributed by atoms with E-state index < -0.39 is 10.0 Å². The molecule has 2 heterocycles. The summed E-state index contributed by atoms with van der Waals surface area (Å²) in [6, 6.07) is 0. The number of hydrogen-bond acceptors (Lipinski definition) is 4. The van der Waals surface area contributed by atoms with Gasteiger partial charge in [-0.25, -0.2) is 12.7 Å². The van der Waals surface area contributed by atoms with Gasteiger partial charge in [-0.2, -0.15) is 0 Å². The Labute approximate surface area is 130 Å². The molecule has 1 N–H and O–H groups in total. The third-order valence-corrected chi connectivity index (χ3v) is 6.10. The van der Waals surface area contributed by atoms with Crippen molar-refractivity contribution >= 4 is 10.0 Å². The van der Waals surface area contributed by atoms with Crippen LogP contribution in [0.2, 0.25) is 0 Å². The molecule has 2 saturated heterocycles. The number of hydrogen-bond donors (Lipinski definition) is 1. The van der Waals surface area contributed by atoms with E-state index in [4.69, 9.17) is 0 Å². The first-order chi connectivity index (χ1) is 9.99. The summed E-state index contributed by atoms with van der Waals surface area (Å²) < 4.78 is 25.1. The van der Waals surface area contributed by atoms with E-state index in [1.807, 2.05) is 0 Å². The van der Waals surface area contributed by atoms with Crippen LogP contribution in [0.15, 0.2) is 0 Å². The Morgan fingerprint density at radius 3 is 2.52 bits per heavy atom. The van der Waals surface area contributed by atoms with Gasteiger partial charge in [0.2, 0.25) is 10.0 Å². The SMILES string of the molecule is CCN(CC1CCCNC1)CC1CCCN(S(C)(=O)=O)C1. The van der Waals surface area contributed by atoms with Gasteiger partial charge in [-0.15, -0.1) is 0 Å². The van der Waals surface area contributed by atoms with Crippen LogP contribution in [-0.2, 0) is 10.0 Å². The molecule has 2 aliphatic rings. The van der Waals surface area contributed by atoms with Crippen molar-refractivity contribution in [1.29, 1.82) is 0 Å². The molecule has 0 aromatic carbocycles. The highest BCUT2D eigenvalue weighted by Gasteiger charge is 2.27. The zero-order chi connectivity index (χ0) is 15.3. The van der Waals surface area contributed by atoms with Crippen LogP contribution in [0.4, 0.5) is 0 Å². The molecule has 0 aromatic rings. The molecule has 5 nitrogen and oxygen atoms in total. The molecule has 0 bridgehead atoms. The van der Waals surface area contributed by atoms with E-state index in [2.05, 4.69) is 17.1 Å². The van der Waals surface area contributed by atoms with Crippen LogP contribution in [0.5, 0.6) is 0 Å². The molecule has 0 aliphatic carbocycles. The second-order valence-corrected chi connectivity index (χ2v) is 8.68. The van der Waals surface area contributed by atoms with Crippen LogP contribution < -0.4 is 5.32 Å². The number of piperidine rings is 2. The molecule has 2 unspecified atom stereocenters. The van der Waals surface area contributed by atoms with E-state index in [9.17, 15) is 8.42 Å². The van der Waals surface area contributed by atoms with Gasteiger partial charge in [-0.05, 0) is 57.2 Å². The lowest BCUT2D eigenvalue weighted by Gasteiger charge is -2.36. The number of nitrogens with one attached hydrogen (secondary N) is 1. The van der Waals surface area contributed by atoms with E-state index in [-0.39, 0.29) is 0 Å². The van der Waals surface area contributed by atoms with Crippen LogP contribution in [0, 0.1) is 11.8 Å². The van der Waals surface area contributed by atoms with E-state index in [1.54, 1.807) is 4.31 Å². The minimum Gasteiger partial charge on any atom is -0.316 e. The maximum Gasteiger partial charge on any atom is 0.211 e. The Morgan fingerprint density at radius 1 is 1.19 bits per heavy atom. The standard InChI is InChI=1S/C15H31N3O2S/c1-3-17(11-14-6-4-8-16-10-14)12-15-7-5-9-18(13-15)21(2,19)20/h14-16H,3-13H2,1-2H3. The highest BCUT2D eigenvalue weighted by molar-refractivity contribution is 7.88. The van der Waals surface area contributed by atoms with E-state index in [0.717, 1.165) is 51.5 Å². The van der Waals surface area contributed by atoms with E-state index in [1.165, 1.54) is 19.1 Å². The largest absolute Gasteiger partial charge is 0.316 e. The van der Waals surface area contributed by atoms with Crippen LogP contribution in [0.3, 0.4) is 0 Å². The van der Waals surface area contributed by atoms with Crippen molar-refractivity contribution in [3.05, 3.63) is 0 Å². The van der Waals surface area contributed by atoms with Gasteiger partial charge < -0.3 is 10.2 Å². The smallest absolute Gasteiger partial charge is 0.211 e. The summed E-state index contributed by atoms with van der Waals surface area (Å²) in [5.41, 5.74) is 0. The third kappa shape index (κ3) is 5.51. The summed E-state index contributed by atoms with van der Waals surface area (Å²) in [4.78, 5) is 2.52. The third-order valence-electron chi connectivity index (χ3n) is 4.83. The fourth-order valence-electron chi connectivity index (χ4n) is 3.62. The van der Waals surface area contributed by atoms with Crippen LogP contribution in [0.1, 0.15) is 32.6 Å². The molecule has 2 aliphatic heterocycles. The van der Waals surface area contributed by atoms with Crippen LogP contribution in [-0.4, -0.2) is 69.7 Å². The first-order valence-electron chi connectivity index (χ1n) is 8.37. The second-order valence-electron chi connectivity index (χ2n) is 6.69. The Kier molecular flexibility index (Phi) is 6.47. The predicted octanol–water partition coefficient (Wildman–Crippen LogP) is 0.980. The van der Waals surface area contributed by atoms with Gasteiger partial charge in [0.25, 0.3) is 0 Å². The fraction of sp³-hybridized carbons (Fsp3) is 1.00. The van der Waals surface area contributed by atoms with Crippen molar-refractivity contribution in [2.24, 2.45) is 11.8 Å². The minimum atomic E-state index is -3.02. The highest BCUT2D eigenvalue weighted by Crippen LogP contribution is 2.21. The molecule has 0 saturated carbocycles. The lowest BCUT2D eigenvalue weighted by atomic mass is 9.96. The summed E-state index contributed by atoms with van der Waals surface area (Å²) in [5, 5.41) is 3.48. The predicted molar refractivity (Wildman–Crippen MR) is 86.8 cm³/mol. The van der Waals surface area contributed by atoms with Gasteiger partial charge in [-0.3, -0.25) is 0 Å². The number of rotatable bonds is 6. The molecule has 0 amide bonds. The number of nitrogens with zero attached hydrogens (tertiary/aromatic N) is 2. The summed E-state index contributed by atoms with van der Waals surface area (Å²) in [5.74, 6) is 1.25. The van der Waals surface area contributed by atoms with Crippen LogP contribution in [0.25, 0.3) is 0 Å². The van der Waals surface area contributed by atoms with Crippen LogP contribution >= 0.6 is 0 Å². The maximum absolute atomic E-state index is 11.7. The second kappa shape index (κ2) is 7.90. The topological polar surface area (TPSA) is 52.6 Å². The van der Waals surface area contributed by atoms with Gasteiger partial charge in [0.05, 0.1) is 6.26 Å². The van der Waals surface area contributed by atoms with Gasteiger partial charge in [-0.1, -0.05) is 6.92 Å². The minimum absolute atomic E-state index is 0.491. The molecule has 6 heteroatoms. The summed E-state index contributed by atoms with van der Waals surface area (Å²) in [6.45, 7) is 9.18. The lowest BCUT2D eigenvalue weighted by Crippen LogP contribution is -2.45. The molecule has 21 heavy (non-hydrogen) atoms. The van der Waals surface area contributed by atoms with Crippen molar-refractivity contribution in [3.63, 3.8) is 0 Å². The Hall–Kier alpha value is -0.170. The Balaban J connectivity index is 1.83. The number of sulfonamides is 1. The lowest BCUT2D eigenvalue weighted by molar-refractivity contribution is 0.157. The van der Waals surface area contributed by atoms with E-state index >= 15 is 0 Å². The molecular formula is C15H31N3O2S. The Morgan fingerprint density at radius 2 is 1.90 bits per heavy atom. The molecular weight excluding hydrogens is 286 g/mol. The molecule has 2 rings (SSSR count). The summed E-state index contributed by atoms with van der Waals surface area (Å²) >= 11 is 0. The zero-order valence-electron chi connectivity index (χ0n) is 13.6. The van der Waals surface area contributed by atoms with Gasteiger partial charge in [0.15, 0.2) is 0 Å². The molecule has 0 radical (unpaired) electrons. The summed E-state index contributed by atoms with van der Waals surface area (Å²) in [7, 11) is -3.02. The normalized spacial score (nSPS) is 28.9. The quantitative estimate of drug-likeness (QED) is 0.793. The average Bonchev–Trinajstić information content (AvgIpc) is 2.47. The van der Waals surface area contributed by atoms with Crippen molar-refractivity contribution in [1.82, 2.24) is 14.5 Å². The van der Waals surface area contributed by atoms with Crippen molar-refractivity contribution in [3.8, 4) is 0 Å². The first-order valence-corrected chi connectivity index (χ1v) is 10.2. The van der Waals surface area contributed by atoms with Gasteiger partial charge in [0.1, 0.15) is 0 Å². The van der Waals surface area contributed by atoms with Crippen molar-refractivity contribution in [2.45, 2.75) is 32.6 Å². The van der Waals surface area contributed by atoms with Crippen molar-refractivity contribution < 1.29 is 8.42 Å². The fourth-order valence-corrected chi connectivity index (χ4v) is 4.56. The maximum atomic E-state index is 11.7. The molecule has 0 aromatic heterocycles. The van der Waals surface area contributed by atoms with Gasteiger partial charge >= 0.3 is 0 Å². The Bertz CT molecular complexity index is 407. The summed E-state index contributed by atoms with van der Waals surface area (Å²) in [6.07, 6.45) is 6.10. The monoisotopic (exact) mass is 317 g/mol. The average molecular weight is 317 g/mol. The molecule has 124 valence electrons. The molecule has 0 spiro atoms. The van der Waals surface area contributed by atoms with E-state index in [0.29, 0.717) is 19.0 Å². The first kappa shape index (κ1) is 17.2. The molecule has 2 fully saturated rings. The van der Waals surface area contributed by atoms with Gasteiger partial charge in [0, 0.05) is 26.2 Å². The zero-order valence-corrected chi connectivity index (χ0v) is 14.4.